The summed E-state index contributed by atoms with van der Waals surface area (Å²) in [5, 5.41) is 22.3. The minimum atomic E-state index is -1.03. The van der Waals surface area contributed by atoms with Crippen LogP contribution in [0.1, 0.15) is 56.9 Å². The number of nitrogens with two attached hydrogens (primary N) is 1. The van der Waals surface area contributed by atoms with Gasteiger partial charge in [-0.25, -0.2) is 14.4 Å². The van der Waals surface area contributed by atoms with Gasteiger partial charge in [0.15, 0.2) is 24.4 Å². The number of amides is 1. The molecule has 0 radical (unpaired) electrons. The molecule has 340 valence electrons. The summed E-state index contributed by atoms with van der Waals surface area (Å²) in [6.45, 7) is 10.7. The Kier molecular flexibility index (Phi) is 31.1. The van der Waals surface area contributed by atoms with Crippen molar-refractivity contribution in [3.8, 4) is 11.5 Å². The Hall–Kier alpha value is -4.22. The molecule has 0 aliphatic carbocycles. The zero-order chi connectivity index (χ0) is 45.2. The number of ether oxygens (including phenoxy) is 5. The molecule has 4 aromatic rings. The first-order chi connectivity index (χ1) is 29.2. The van der Waals surface area contributed by atoms with E-state index < -0.39 is 36.4 Å². The van der Waals surface area contributed by atoms with E-state index >= 15 is 0 Å². The van der Waals surface area contributed by atoms with Crippen molar-refractivity contribution >= 4 is 47.0 Å². The average Bonchev–Trinajstić information content (AvgIpc) is 3.23. The summed E-state index contributed by atoms with van der Waals surface area (Å²) in [6.07, 6.45) is -0.908. The van der Waals surface area contributed by atoms with Crippen LogP contribution in [-0.4, -0.2) is 96.8 Å². The molecule has 0 aliphatic heterocycles. The Bertz CT molecular complexity index is 1920. The molecule has 0 aliphatic rings. The van der Waals surface area contributed by atoms with Gasteiger partial charge in [0.2, 0.25) is 0 Å². The van der Waals surface area contributed by atoms with Crippen LogP contribution in [0.25, 0.3) is 0 Å². The number of hydrogen-bond donors (Lipinski definition) is 4. The topological polar surface area (TPSA) is 223 Å². The standard InChI is InChI=1S/C22H26ClNO5.C16H22O6.C8H10ClN.Na.H2O/c1-3-28-20(22(26)27)14-16-8-10-18(11-9-16)29-15(2)21(25)24-13-12-17-6-4-5-7-19(17)23;1-4-20-14(16(19)21-5-2)10-12-6-8-13(9-7-12)22-11(3)15(17)18;9-8-3-1-2-7(6-8)4-5-10;;/h4-11,15,20H,3,12-14H2,1-2H3,(H,24,25)(H,26,27);6-9,11,14H,4-5,10H2,1-3H3,(H,17,18);1-3,6H,4-5,10H2;;1H2/q;;;+1;/p-1/t15-,20-;11-,14-;;;/m00.../s1. The third-order valence-electron chi connectivity index (χ3n) is 8.57. The van der Waals surface area contributed by atoms with Crippen LogP contribution in [0.5, 0.6) is 11.5 Å². The Morgan fingerprint density at radius 2 is 1.21 bits per heavy atom. The normalized spacial score (nSPS) is 12.1. The van der Waals surface area contributed by atoms with Crippen molar-refractivity contribution < 1.29 is 88.1 Å². The maximum absolute atomic E-state index is 12.2. The number of nitrogens with one attached hydrogen (secondary N) is 1. The maximum Gasteiger partial charge on any atom is 1.00 e. The molecule has 0 unspecified atom stereocenters. The fourth-order valence-electron chi connectivity index (χ4n) is 5.44. The summed E-state index contributed by atoms with van der Waals surface area (Å²) in [5.41, 5.74) is 9.24. The van der Waals surface area contributed by atoms with Gasteiger partial charge >= 0.3 is 47.5 Å². The molecule has 0 heterocycles. The van der Waals surface area contributed by atoms with E-state index in [2.05, 4.69) is 5.32 Å². The number of carboxylic acid groups (broad SMARTS) is 2. The van der Waals surface area contributed by atoms with Crippen molar-refractivity contribution in [3.05, 3.63) is 129 Å². The average molecular weight is 926 g/mol. The van der Waals surface area contributed by atoms with E-state index in [-0.39, 0.29) is 53.3 Å². The van der Waals surface area contributed by atoms with Gasteiger partial charge in [0.05, 0.1) is 6.61 Å². The molecule has 0 aromatic heterocycles. The quantitative estimate of drug-likeness (QED) is 0.0642. The predicted octanol–water partition coefficient (Wildman–Crippen LogP) is 4.22. The summed E-state index contributed by atoms with van der Waals surface area (Å²) in [5.74, 6) is -1.63. The summed E-state index contributed by atoms with van der Waals surface area (Å²) >= 11 is 11.9. The second-order valence-electron chi connectivity index (χ2n) is 13.3. The minimum Gasteiger partial charge on any atom is -0.870 e. The second-order valence-corrected chi connectivity index (χ2v) is 14.2. The molecule has 17 heteroatoms. The van der Waals surface area contributed by atoms with Gasteiger partial charge in [-0.2, -0.15) is 0 Å². The molecule has 0 saturated heterocycles. The van der Waals surface area contributed by atoms with Crippen molar-refractivity contribution in [2.45, 2.75) is 84.7 Å². The minimum absolute atomic E-state index is 0. The number of halogens is 2. The summed E-state index contributed by atoms with van der Waals surface area (Å²) in [4.78, 5) is 45.9. The van der Waals surface area contributed by atoms with Gasteiger partial charge in [0, 0.05) is 42.6 Å². The van der Waals surface area contributed by atoms with Gasteiger partial charge in [-0.15, -0.1) is 0 Å². The van der Waals surface area contributed by atoms with Crippen LogP contribution < -0.4 is 50.1 Å². The molecule has 63 heavy (non-hydrogen) atoms. The number of carbonyl (C=O) groups excluding carboxylic acids is 2. The zero-order valence-electron chi connectivity index (χ0n) is 36.8. The molecule has 0 fully saturated rings. The van der Waals surface area contributed by atoms with Gasteiger partial charge in [-0.3, -0.25) is 4.79 Å². The number of benzene rings is 4. The van der Waals surface area contributed by atoms with Gasteiger partial charge in [-0.1, -0.05) is 77.8 Å². The number of hydrogen-bond acceptors (Lipinski definition) is 11. The summed E-state index contributed by atoms with van der Waals surface area (Å²) < 4.78 is 26.5. The van der Waals surface area contributed by atoms with E-state index in [1.807, 2.05) is 55.5 Å². The number of rotatable bonds is 22. The van der Waals surface area contributed by atoms with Gasteiger partial charge in [0.25, 0.3) is 5.91 Å². The Balaban J connectivity index is 0.000000997. The maximum atomic E-state index is 12.2. The molecule has 4 aromatic carbocycles. The van der Waals surface area contributed by atoms with Gasteiger partial charge in [-0.05, 0) is 119 Å². The van der Waals surface area contributed by atoms with E-state index in [9.17, 15) is 19.2 Å². The van der Waals surface area contributed by atoms with Crippen molar-refractivity contribution in [1.29, 1.82) is 0 Å². The van der Waals surface area contributed by atoms with Crippen molar-refractivity contribution in [2.75, 3.05) is 32.9 Å². The van der Waals surface area contributed by atoms with Crippen LogP contribution in [0.2, 0.25) is 10.0 Å². The Morgan fingerprint density at radius 3 is 1.70 bits per heavy atom. The molecule has 14 nitrogen and oxygen atoms in total. The molecule has 0 spiro atoms. The van der Waals surface area contributed by atoms with E-state index in [1.54, 1.807) is 69.3 Å². The van der Waals surface area contributed by atoms with E-state index in [1.165, 1.54) is 12.5 Å². The third kappa shape index (κ3) is 23.9. The van der Waals surface area contributed by atoms with Crippen LogP contribution in [0.4, 0.5) is 0 Å². The Labute approximate surface area is 402 Å². The summed E-state index contributed by atoms with van der Waals surface area (Å²) in [7, 11) is 0. The number of aliphatic carboxylic acids is 2. The first-order valence-corrected chi connectivity index (χ1v) is 20.8. The van der Waals surface area contributed by atoms with E-state index in [0.717, 1.165) is 28.1 Å². The molecule has 6 N–H and O–H groups in total. The molecular weight excluding hydrogens is 866 g/mol. The predicted molar refractivity (Wildman–Crippen MR) is 238 cm³/mol. The van der Waals surface area contributed by atoms with Crippen LogP contribution in [0.15, 0.2) is 97.1 Å². The van der Waals surface area contributed by atoms with Crippen LogP contribution in [-0.2, 0) is 59.1 Å². The van der Waals surface area contributed by atoms with Crippen molar-refractivity contribution in [3.63, 3.8) is 0 Å². The van der Waals surface area contributed by atoms with Crippen LogP contribution >= 0.6 is 23.2 Å². The molecule has 4 rings (SSSR count). The number of carboxylic acids is 2. The fourth-order valence-corrected chi connectivity index (χ4v) is 5.88. The monoisotopic (exact) mass is 924 g/mol. The first-order valence-electron chi connectivity index (χ1n) is 20.0. The Morgan fingerprint density at radius 1 is 0.667 bits per heavy atom. The van der Waals surface area contributed by atoms with Crippen LogP contribution in [0.3, 0.4) is 0 Å². The van der Waals surface area contributed by atoms with Gasteiger partial charge in [0.1, 0.15) is 11.5 Å². The molecule has 0 saturated carbocycles. The smallest absolute Gasteiger partial charge is 0.870 e. The van der Waals surface area contributed by atoms with E-state index in [4.69, 9.17) is 62.8 Å². The third-order valence-corrected chi connectivity index (χ3v) is 9.17. The van der Waals surface area contributed by atoms with E-state index in [0.29, 0.717) is 62.3 Å². The number of esters is 1. The van der Waals surface area contributed by atoms with Gasteiger partial charge < -0.3 is 50.4 Å². The molecular formula is C46H59Cl2N2NaO12. The first kappa shape index (κ1) is 58.8. The largest absolute Gasteiger partial charge is 1.00 e. The van der Waals surface area contributed by atoms with Crippen molar-refractivity contribution in [1.82, 2.24) is 5.32 Å². The zero-order valence-corrected chi connectivity index (χ0v) is 40.3. The van der Waals surface area contributed by atoms with Crippen molar-refractivity contribution in [2.24, 2.45) is 5.73 Å². The molecule has 0 bridgehead atoms. The van der Waals surface area contributed by atoms with Crippen LogP contribution in [0, 0.1) is 0 Å². The second kappa shape index (κ2) is 33.3. The number of carbonyl (C=O) groups is 4. The SMILES string of the molecule is CCOC(=O)[C@H](Cc1ccc(O[C@@H](C)C(=O)O)cc1)OCC.CCO[C@@H](Cc1ccc(O[C@@H](C)C(=O)NCCc2ccccc2Cl)cc1)C(=O)O.NCCc1cccc(Cl)c1.[Na+].[OH-]. The molecule has 1 amide bonds. The summed E-state index contributed by atoms with van der Waals surface area (Å²) in [6, 6.07) is 29.1. The fraction of sp³-hybridized carbons (Fsp3) is 0.391. The molecule has 4 atom stereocenters.